The predicted octanol–water partition coefficient (Wildman–Crippen LogP) is 7.22. The van der Waals surface area contributed by atoms with Crippen LogP contribution in [0.1, 0.15) is 76.7 Å². The van der Waals surface area contributed by atoms with Crippen LogP contribution in [0.25, 0.3) is 0 Å². The summed E-state index contributed by atoms with van der Waals surface area (Å²) in [5.41, 5.74) is 0.635. The molecule has 1 aromatic rings. The van der Waals surface area contributed by atoms with E-state index in [1.807, 2.05) is 0 Å². The lowest BCUT2D eigenvalue weighted by molar-refractivity contribution is -0.134. The lowest BCUT2D eigenvalue weighted by Gasteiger charge is -2.28. The Balaban J connectivity index is 1.75. The van der Waals surface area contributed by atoms with Gasteiger partial charge >= 0.3 is 5.97 Å². The number of rotatable bonds is 10. The highest BCUT2D eigenvalue weighted by Gasteiger charge is 2.21. The number of hydrogen-bond donors (Lipinski definition) is 0. The Hall–Kier alpha value is -1.78. The van der Waals surface area contributed by atoms with E-state index in [2.05, 4.69) is 6.92 Å². The molecule has 1 aliphatic carbocycles. The van der Waals surface area contributed by atoms with Gasteiger partial charge in [0.15, 0.2) is 0 Å². The van der Waals surface area contributed by atoms with E-state index in [9.17, 15) is 18.0 Å². The van der Waals surface area contributed by atoms with Gasteiger partial charge in [-0.1, -0.05) is 57.9 Å². The molecule has 0 radical (unpaired) electrons. The summed E-state index contributed by atoms with van der Waals surface area (Å²) in [7, 11) is 0. The van der Waals surface area contributed by atoms with E-state index in [1.165, 1.54) is 51.0 Å². The van der Waals surface area contributed by atoms with Crippen molar-refractivity contribution >= 4 is 5.97 Å². The Kier molecular flexibility index (Phi) is 9.59. The molecule has 1 saturated carbocycles. The van der Waals surface area contributed by atoms with Gasteiger partial charge in [-0.3, -0.25) is 4.79 Å². The van der Waals surface area contributed by atoms with Crippen molar-refractivity contribution in [3.63, 3.8) is 0 Å². The molecule has 0 unspecified atom stereocenters. The van der Waals surface area contributed by atoms with Crippen LogP contribution >= 0.6 is 0 Å². The summed E-state index contributed by atoms with van der Waals surface area (Å²) in [5.74, 6) is 0.631. The predicted molar refractivity (Wildman–Crippen MR) is 105 cm³/mol. The van der Waals surface area contributed by atoms with Gasteiger partial charge in [-0.25, -0.2) is 4.39 Å². The van der Waals surface area contributed by atoms with Crippen molar-refractivity contribution in [2.45, 2.75) is 77.6 Å². The summed E-state index contributed by atoms with van der Waals surface area (Å²) in [6.07, 6.45) is 9.24. The summed E-state index contributed by atoms with van der Waals surface area (Å²) in [4.78, 5) is 11.6. The summed E-state index contributed by atoms with van der Waals surface area (Å²) in [6, 6.07) is 4.44. The molecule has 0 spiro atoms. The number of carbonyl (C=O) groups is 1. The maximum absolute atomic E-state index is 14.3. The van der Waals surface area contributed by atoms with Crippen LogP contribution in [0.15, 0.2) is 30.4 Å². The smallest absolute Gasteiger partial charge is 0.311 e. The van der Waals surface area contributed by atoms with Gasteiger partial charge in [0.1, 0.15) is 11.6 Å². The van der Waals surface area contributed by atoms with Gasteiger partial charge in [-0.2, -0.15) is 8.78 Å². The molecule has 0 bridgehead atoms. The standard InChI is InChI=1S/C23H31F3O2/c1-2-3-5-17-8-10-18(11-9-17)12-13-19-14-15-20(16-21(19)24)28-23(27)7-4-6-22(25)26/h6,14-18H,2-5,7-13H2,1H3. The Morgan fingerprint density at radius 1 is 1.14 bits per heavy atom. The average Bonchev–Trinajstić information content (AvgIpc) is 2.66. The monoisotopic (exact) mass is 396 g/mol. The number of unbranched alkanes of at least 4 members (excludes halogenated alkanes) is 1. The van der Waals surface area contributed by atoms with Crippen molar-refractivity contribution in [2.75, 3.05) is 0 Å². The molecule has 0 atom stereocenters. The van der Waals surface area contributed by atoms with Gasteiger partial charge in [-0.05, 0) is 48.8 Å². The first-order valence-corrected chi connectivity index (χ1v) is 10.5. The molecule has 1 aliphatic rings. The number of carbonyl (C=O) groups excluding carboxylic acids is 1. The third-order valence-electron chi connectivity index (χ3n) is 5.66. The molecular weight excluding hydrogens is 365 g/mol. The number of benzene rings is 1. The molecule has 0 heterocycles. The molecule has 2 nitrogen and oxygen atoms in total. The van der Waals surface area contributed by atoms with Crippen LogP contribution in [0.2, 0.25) is 0 Å². The molecule has 5 heteroatoms. The Labute approximate surface area is 166 Å². The molecule has 0 saturated heterocycles. The zero-order valence-corrected chi connectivity index (χ0v) is 16.7. The minimum atomic E-state index is -1.82. The topological polar surface area (TPSA) is 26.3 Å². The fourth-order valence-corrected chi connectivity index (χ4v) is 3.94. The van der Waals surface area contributed by atoms with E-state index in [-0.39, 0.29) is 24.4 Å². The summed E-state index contributed by atoms with van der Waals surface area (Å²) < 4.78 is 43.2. The first kappa shape index (κ1) is 22.5. The third kappa shape index (κ3) is 8.07. The zero-order chi connectivity index (χ0) is 20.4. The fraction of sp³-hybridized carbons (Fsp3) is 0.609. The number of hydrogen-bond acceptors (Lipinski definition) is 2. The number of ether oxygens (including phenoxy) is 1. The van der Waals surface area contributed by atoms with E-state index >= 15 is 0 Å². The molecule has 1 aromatic carbocycles. The SMILES string of the molecule is CCCCC1CCC(CCc2ccc(OC(=O)CCC=C(F)F)cc2F)CC1. The molecule has 1 fully saturated rings. The van der Waals surface area contributed by atoms with Crippen molar-refractivity contribution in [1.29, 1.82) is 0 Å². The van der Waals surface area contributed by atoms with Crippen molar-refractivity contribution in [1.82, 2.24) is 0 Å². The van der Waals surface area contributed by atoms with Crippen molar-refractivity contribution < 1.29 is 22.7 Å². The Morgan fingerprint density at radius 2 is 1.82 bits per heavy atom. The van der Waals surface area contributed by atoms with Crippen LogP contribution in [0, 0.1) is 17.7 Å². The van der Waals surface area contributed by atoms with Gasteiger partial charge in [-0.15, -0.1) is 0 Å². The second kappa shape index (κ2) is 11.9. The summed E-state index contributed by atoms with van der Waals surface area (Å²) >= 11 is 0. The first-order chi connectivity index (χ1) is 13.5. The van der Waals surface area contributed by atoms with Gasteiger partial charge in [0.2, 0.25) is 0 Å². The summed E-state index contributed by atoms with van der Waals surface area (Å²) in [6.45, 7) is 2.23. The highest BCUT2D eigenvalue weighted by molar-refractivity contribution is 5.72. The number of esters is 1. The average molecular weight is 396 g/mol. The molecule has 156 valence electrons. The number of halogens is 3. The number of allylic oxidation sites excluding steroid dienone is 1. The quantitative estimate of drug-likeness (QED) is 0.308. The molecule has 0 N–H and O–H groups in total. The lowest BCUT2D eigenvalue weighted by atomic mass is 9.78. The minimum absolute atomic E-state index is 0.0948. The highest BCUT2D eigenvalue weighted by atomic mass is 19.3. The lowest BCUT2D eigenvalue weighted by Crippen LogP contribution is -2.15. The van der Waals surface area contributed by atoms with Crippen LogP contribution < -0.4 is 4.74 Å². The van der Waals surface area contributed by atoms with Crippen LogP contribution in [0.3, 0.4) is 0 Å². The van der Waals surface area contributed by atoms with E-state index < -0.39 is 12.0 Å². The molecule has 28 heavy (non-hydrogen) atoms. The first-order valence-electron chi connectivity index (χ1n) is 10.5. The van der Waals surface area contributed by atoms with E-state index in [1.54, 1.807) is 12.1 Å². The van der Waals surface area contributed by atoms with Crippen LogP contribution in [-0.4, -0.2) is 5.97 Å². The van der Waals surface area contributed by atoms with Crippen LogP contribution in [0.5, 0.6) is 5.75 Å². The van der Waals surface area contributed by atoms with Crippen LogP contribution in [0.4, 0.5) is 13.2 Å². The second-order valence-electron chi connectivity index (χ2n) is 7.83. The summed E-state index contributed by atoms with van der Waals surface area (Å²) in [5, 5.41) is 0. The van der Waals surface area contributed by atoms with E-state index in [0.717, 1.165) is 12.3 Å². The molecule has 0 amide bonds. The minimum Gasteiger partial charge on any atom is -0.426 e. The molecule has 0 aromatic heterocycles. The maximum atomic E-state index is 14.3. The normalized spacial score (nSPS) is 19.3. The third-order valence-corrected chi connectivity index (χ3v) is 5.66. The Morgan fingerprint density at radius 3 is 2.43 bits per heavy atom. The largest absolute Gasteiger partial charge is 0.426 e. The van der Waals surface area contributed by atoms with Gasteiger partial charge < -0.3 is 4.74 Å². The molecule has 0 aliphatic heterocycles. The zero-order valence-electron chi connectivity index (χ0n) is 16.7. The van der Waals surface area contributed by atoms with Gasteiger partial charge in [0.05, 0.1) is 0 Å². The van der Waals surface area contributed by atoms with Crippen molar-refractivity contribution in [2.24, 2.45) is 11.8 Å². The Bertz CT molecular complexity index is 645. The second-order valence-corrected chi connectivity index (χ2v) is 7.83. The van der Waals surface area contributed by atoms with E-state index in [0.29, 0.717) is 24.0 Å². The number of aryl methyl sites for hydroxylation is 1. The molecule has 2 rings (SSSR count). The maximum Gasteiger partial charge on any atom is 0.311 e. The van der Waals surface area contributed by atoms with Crippen molar-refractivity contribution in [3.05, 3.63) is 41.7 Å². The van der Waals surface area contributed by atoms with Gasteiger partial charge in [0, 0.05) is 12.5 Å². The highest BCUT2D eigenvalue weighted by Crippen LogP contribution is 2.34. The van der Waals surface area contributed by atoms with Crippen LogP contribution in [-0.2, 0) is 11.2 Å². The van der Waals surface area contributed by atoms with Gasteiger partial charge in [0.25, 0.3) is 6.08 Å². The fourth-order valence-electron chi connectivity index (χ4n) is 3.94. The molecular formula is C23H31F3O2. The van der Waals surface area contributed by atoms with E-state index in [4.69, 9.17) is 4.74 Å². The van der Waals surface area contributed by atoms with Crippen molar-refractivity contribution in [3.8, 4) is 5.75 Å².